The molecule has 0 spiro atoms. The molecule has 3 aromatic heterocycles. The van der Waals surface area contributed by atoms with Crippen LogP contribution in [0.5, 0.6) is 23.0 Å². The lowest BCUT2D eigenvalue weighted by Gasteiger charge is -2.63. The van der Waals surface area contributed by atoms with Crippen molar-refractivity contribution in [3.05, 3.63) is 118 Å². The number of anilines is 2. The molecular formula is C45H45ClN8O7S. The molecule has 0 atom stereocenters. The number of nitriles is 1. The second-order valence-corrected chi connectivity index (χ2v) is 19.2. The fourth-order valence-corrected chi connectivity index (χ4v) is 9.49. The lowest BCUT2D eigenvalue weighted by Crippen LogP contribution is -2.74. The molecule has 1 aliphatic heterocycles. The molecule has 6 aromatic rings. The van der Waals surface area contributed by atoms with E-state index >= 15 is 0 Å². The third-order valence-electron chi connectivity index (χ3n) is 11.6. The maximum atomic E-state index is 13.4. The highest BCUT2D eigenvalue weighted by Crippen LogP contribution is 2.55. The molecule has 0 bridgehead atoms. The predicted molar refractivity (Wildman–Crippen MR) is 237 cm³/mol. The summed E-state index contributed by atoms with van der Waals surface area (Å²) in [6.07, 6.45) is 6.03. The Labute approximate surface area is 363 Å². The number of fused-ring (bicyclic) bond motifs is 1. The average Bonchev–Trinajstić information content (AvgIpc) is 3.73. The standard InChI is InChI=1S/C45H45ClN8O7S/c1-7-62(57,58)52-28-12-14-37(34(17-28)35-25-53(6)40(56)38-33(35)15-16-48-38)60-30-10-8-9-29(18-30)59-32-23-54(24-32)43-49-21-27(22-50-43)39(55)51-41-44(2,3)42(45(41,4)5)61-31-13-11-26(20-47)36(46)19-31/h8-19,21-22,25,32,41-42,48,52H,7,23-24H2,1-6H3,(H,51,55). The maximum absolute atomic E-state index is 13.4. The van der Waals surface area contributed by atoms with Crippen LogP contribution in [0.3, 0.4) is 0 Å². The Bertz CT molecular complexity index is 2900. The molecule has 1 amide bonds. The summed E-state index contributed by atoms with van der Waals surface area (Å²) < 4.78 is 48.1. The monoisotopic (exact) mass is 876 g/mol. The van der Waals surface area contributed by atoms with E-state index in [4.69, 9.17) is 25.8 Å². The Balaban J connectivity index is 0.897. The Morgan fingerprint density at radius 3 is 2.37 bits per heavy atom. The topological polar surface area (TPSA) is 194 Å². The van der Waals surface area contributed by atoms with E-state index in [2.05, 4.69) is 31.1 Å². The Morgan fingerprint density at radius 2 is 1.68 bits per heavy atom. The van der Waals surface area contributed by atoms with Gasteiger partial charge in [0.15, 0.2) is 0 Å². The van der Waals surface area contributed by atoms with Crippen molar-refractivity contribution in [3.8, 4) is 40.2 Å². The molecule has 0 radical (unpaired) electrons. The summed E-state index contributed by atoms with van der Waals surface area (Å²) >= 11 is 6.24. The molecule has 2 aliphatic rings. The van der Waals surface area contributed by atoms with Gasteiger partial charge < -0.3 is 34.0 Å². The van der Waals surface area contributed by atoms with Gasteiger partial charge >= 0.3 is 0 Å². The van der Waals surface area contributed by atoms with Gasteiger partial charge in [0, 0.05) is 83.0 Å². The molecule has 3 aromatic carbocycles. The van der Waals surface area contributed by atoms with Crippen molar-refractivity contribution in [2.24, 2.45) is 17.9 Å². The van der Waals surface area contributed by atoms with Crippen LogP contribution < -0.4 is 34.7 Å². The quantitative estimate of drug-likeness (QED) is 0.106. The average molecular weight is 877 g/mol. The summed E-state index contributed by atoms with van der Waals surface area (Å²) in [5.74, 6) is 2.17. The highest BCUT2D eigenvalue weighted by atomic mass is 35.5. The third-order valence-corrected chi connectivity index (χ3v) is 13.2. The molecule has 4 heterocycles. The minimum absolute atomic E-state index is 0.0940. The van der Waals surface area contributed by atoms with Gasteiger partial charge in [-0.3, -0.25) is 14.3 Å². The molecule has 1 aliphatic carbocycles. The van der Waals surface area contributed by atoms with E-state index in [9.17, 15) is 23.3 Å². The van der Waals surface area contributed by atoms with Crippen LogP contribution in [-0.2, 0) is 17.1 Å². The van der Waals surface area contributed by atoms with Crippen LogP contribution in [0.4, 0.5) is 11.6 Å². The molecule has 2 fully saturated rings. The van der Waals surface area contributed by atoms with E-state index in [0.717, 1.165) is 0 Å². The van der Waals surface area contributed by atoms with Crippen molar-refractivity contribution in [2.75, 3.05) is 28.5 Å². The molecular weight excluding hydrogens is 832 g/mol. The van der Waals surface area contributed by atoms with Crippen molar-refractivity contribution in [2.45, 2.75) is 52.9 Å². The van der Waals surface area contributed by atoms with E-state index < -0.39 is 20.9 Å². The fraction of sp³-hybridized carbons (Fsp3) is 0.311. The van der Waals surface area contributed by atoms with E-state index in [1.54, 1.807) is 81.0 Å². The number of ether oxygens (including phenoxy) is 3. The van der Waals surface area contributed by atoms with Crippen molar-refractivity contribution in [1.82, 2.24) is 24.8 Å². The van der Waals surface area contributed by atoms with Crippen molar-refractivity contribution in [1.29, 1.82) is 5.26 Å². The van der Waals surface area contributed by atoms with Gasteiger partial charge in [-0.15, -0.1) is 0 Å². The zero-order chi connectivity index (χ0) is 44.1. The first-order valence-electron chi connectivity index (χ1n) is 20.0. The second-order valence-electron chi connectivity index (χ2n) is 16.7. The van der Waals surface area contributed by atoms with Gasteiger partial charge in [-0.2, -0.15) is 5.26 Å². The zero-order valence-electron chi connectivity index (χ0n) is 34.9. The number of aromatic amines is 1. The Morgan fingerprint density at radius 1 is 0.968 bits per heavy atom. The number of carbonyl (C=O) groups excluding carboxylic acids is 1. The molecule has 0 unspecified atom stereocenters. The molecule has 62 heavy (non-hydrogen) atoms. The number of hydrogen-bond donors (Lipinski definition) is 3. The number of amides is 1. The number of aryl methyl sites for hydroxylation is 1. The largest absolute Gasteiger partial charge is 0.489 e. The minimum atomic E-state index is -3.56. The number of benzene rings is 3. The number of nitrogens with zero attached hydrogens (tertiary/aromatic N) is 5. The molecule has 17 heteroatoms. The number of hydrogen-bond acceptors (Lipinski definition) is 11. The SMILES string of the molecule is CCS(=O)(=O)Nc1ccc(Oc2cccc(OC3CN(c4ncc(C(=O)NC5C(C)(C)C(Oc6ccc(C#N)c(Cl)c6)C5(C)C)cn4)C3)c2)c(-c2cn(C)c(=O)c3[nH]ccc23)c1. The summed E-state index contributed by atoms with van der Waals surface area (Å²) in [6, 6.07) is 20.9. The van der Waals surface area contributed by atoms with Crippen LogP contribution in [0.25, 0.3) is 22.0 Å². The third kappa shape index (κ3) is 8.01. The molecule has 1 saturated heterocycles. The van der Waals surface area contributed by atoms with Crippen LogP contribution >= 0.6 is 11.6 Å². The number of nitrogens with one attached hydrogen (secondary N) is 3. The molecule has 320 valence electrons. The van der Waals surface area contributed by atoms with Gasteiger partial charge in [-0.05, 0) is 55.5 Å². The smallest absolute Gasteiger partial charge is 0.274 e. The van der Waals surface area contributed by atoms with Crippen LogP contribution in [0.1, 0.15) is 50.5 Å². The van der Waals surface area contributed by atoms with E-state index in [1.165, 1.54) is 17.0 Å². The normalized spacial score (nSPS) is 17.9. The van der Waals surface area contributed by atoms with Gasteiger partial charge in [-0.25, -0.2) is 18.4 Å². The summed E-state index contributed by atoms with van der Waals surface area (Å²) in [5.41, 5.74) is 1.69. The number of halogens is 1. The summed E-state index contributed by atoms with van der Waals surface area (Å²) in [7, 11) is -1.91. The summed E-state index contributed by atoms with van der Waals surface area (Å²) in [5, 5.41) is 13.4. The molecule has 8 rings (SSSR count). The lowest BCUT2D eigenvalue weighted by atomic mass is 9.49. The molecule has 1 saturated carbocycles. The van der Waals surface area contributed by atoms with Gasteiger partial charge in [0.2, 0.25) is 16.0 Å². The number of pyridine rings is 1. The Hall–Kier alpha value is -6.57. The second kappa shape index (κ2) is 16.0. The van der Waals surface area contributed by atoms with Gasteiger partial charge in [0.25, 0.3) is 11.5 Å². The minimum Gasteiger partial charge on any atom is -0.489 e. The predicted octanol–water partition coefficient (Wildman–Crippen LogP) is 7.28. The highest BCUT2D eigenvalue weighted by Gasteiger charge is 2.64. The maximum Gasteiger partial charge on any atom is 0.274 e. The molecule has 15 nitrogen and oxygen atoms in total. The number of rotatable bonds is 13. The van der Waals surface area contributed by atoms with Crippen molar-refractivity contribution in [3.63, 3.8) is 0 Å². The number of H-pyrrole nitrogens is 1. The first-order chi connectivity index (χ1) is 29.5. The number of carbonyl (C=O) groups is 1. The van der Waals surface area contributed by atoms with Gasteiger partial charge in [0.1, 0.15) is 46.8 Å². The summed E-state index contributed by atoms with van der Waals surface area (Å²) in [6.45, 7) is 10.8. The van der Waals surface area contributed by atoms with Crippen LogP contribution in [0.2, 0.25) is 5.02 Å². The van der Waals surface area contributed by atoms with Crippen LogP contribution in [-0.4, -0.2) is 70.9 Å². The van der Waals surface area contributed by atoms with E-state index in [1.807, 2.05) is 44.7 Å². The van der Waals surface area contributed by atoms with E-state index in [0.29, 0.717) is 85.9 Å². The fourth-order valence-electron chi connectivity index (χ4n) is 8.65. The first-order valence-corrected chi connectivity index (χ1v) is 22.0. The highest BCUT2D eigenvalue weighted by molar-refractivity contribution is 7.92. The number of aromatic nitrogens is 4. The molecule has 3 N–H and O–H groups in total. The lowest BCUT2D eigenvalue weighted by molar-refractivity contribution is -0.164. The van der Waals surface area contributed by atoms with Crippen molar-refractivity contribution >= 4 is 50.1 Å². The van der Waals surface area contributed by atoms with Crippen LogP contribution in [0, 0.1) is 22.2 Å². The van der Waals surface area contributed by atoms with E-state index in [-0.39, 0.29) is 35.5 Å². The first kappa shape index (κ1) is 42.1. The van der Waals surface area contributed by atoms with Crippen molar-refractivity contribution < 1.29 is 27.4 Å². The summed E-state index contributed by atoms with van der Waals surface area (Å²) in [4.78, 5) is 40.2. The number of sulfonamides is 1. The van der Waals surface area contributed by atoms with Gasteiger partial charge in [0.05, 0.1) is 35.0 Å². The Kier molecular flexibility index (Phi) is 10.9. The van der Waals surface area contributed by atoms with Gasteiger partial charge in [-0.1, -0.05) is 45.4 Å². The zero-order valence-corrected chi connectivity index (χ0v) is 36.5. The van der Waals surface area contributed by atoms with Crippen LogP contribution in [0.15, 0.2) is 96.3 Å².